The number of hydrogen-bond donors (Lipinski definition) is 3. The van der Waals surface area contributed by atoms with Gasteiger partial charge in [-0.3, -0.25) is 19.8 Å². The molecule has 0 unspecified atom stereocenters. The van der Waals surface area contributed by atoms with Crippen molar-refractivity contribution in [3.8, 4) is 0 Å². The van der Waals surface area contributed by atoms with E-state index >= 15 is 0 Å². The van der Waals surface area contributed by atoms with Gasteiger partial charge in [-0.1, -0.05) is 6.92 Å². The molecule has 0 radical (unpaired) electrons. The van der Waals surface area contributed by atoms with E-state index in [-0.39, 0.29) is 11.5 Å². The van der Waals surface area contributed by atoms with E-state index in [2.05, 4.69) is 23.0 Å². The highest BCUT2D eigenvalue weighted by molar-refractivity contribution is 8.00. The average molecular weight is 388 g/mol. The fraction of sp³-hybridized carbons (Fsp3) is 0.444. The Morgan fingerprint density at radius 3 is 2.74 bits per heavy atom. The van der Waals surface area contributed by atoms with E-state index in [0.29, 0.717) is 30.2 Å². The molecule has 0 aromatic heterocycles. The third-order valence-electron chi connectivity index (χ3n) is 5.38. The fourth-order valence-corrected chi connectivity index (χ4v) is 4.49. The van der Waals surface area contributed by atoms with Crippen LogP contribution in [-0.2, 0) is 9.59 Å². The van der Waals surface area contributed by atoms with Crippen molar-refractivity contribution in [2.75, 3.05) is 11.1 Å². The predicted molar refractivity (Wildman–Crippen MR) is 99.0 cm³/mol. The van der Waals surface area contributed by atoms with Gasteiger partial charge in [0.1, 0.15) is 5.54 Å². The molecule has 5 amide bonds. The number of anilines is 1. The second kappa shape index (κ2) is 6.56. The lowest BCUT2D eigenvalue weighted by molar-refractivity contribution is -0.134. The number of nitrogens with one attached hydrogen (secondary N) is 3. The third kappa shape index (κ3) is 3.16. The quantitative estimate of drug-likeness (QED) is 0.671. The van der Waals surface area contributed by atoms with Crippen LogP contribution in [0.4, 0.5) is 10.5 Å². The number of rotatable bonds is 2. The van der Waals surface area contributed by atoms with E-state index < -0.39 is 23.4 Å². The Balaban J connectivity index is 1.50. The molecular weight excluding hydrogens is 368 g/mol. The molecule has 1 saturated carbocycles. The van der Waals surface area contributed by atoms with Crippen LogP contribution in [0, 0.1) is 5.92 Å². The topological polar surface area (TPSA) is 108 Å². The lowest BCUT2D eigenvalue weighted by Gasteiger charge is -2.33. The molecule has 2 heterocycles. The van der Waals surface area contributed by atoms with Gasteiger partial charge in [-0.25, -0.2) is 4.79 Å². The van der Waals surface area contributed by atoms with Crippen molar-refractivity contribution in [3.05, 3.63) is 23.8 Å². The first-order chi connectivity index (χ1) is 12.9. The number of thioether (sulfide) groups is 1. The molecule has 1 spiro atoms. The predicted octanol–water partition coefficient (Wildman–Crippen LogP) is 1.88. The van der Waals surface area contributed by atoms with Crippen LogP contribution < -0.4 is 16.1 Å². The van der Waals surface area contributed by atoms with Gasteiger partial charge in [-0.15, -0.1) is 11.8 Å². The van der Waals surface area contributed by atoms with Crippen LogP contribution in [0.15, 0.2) is 23.1 Å². The monoisotopic (exact) mass is 388 g/mol. The number of amides is 5. The van der Waals surface area contributed by atoms with E-state index in [4.69, 9.17) is 0 Å². The lowest BCUT2D eigenvalue weighted by atomic mass is 9.77. The number of hydrogen-bond acceptors (Lipinski definition) is 5. The maximum atomic E-state index is 12.8. The molecule has 27 heavy (non-hydrogen) atoms. The van der Waals surface area contributed by atoms with Gasteiger partial charge in [0.2, 0.25) is 5.91 Å². The maximum Gasteiger partial charge on any atom is 0.344 e. The van der Waals surface area contributed by atoms with Gasteiger partial charge in [0.25, 0.3) is 11.8 Å². The van der Waals surface area contributed by atoms with Gasteiger partial charge in [0, 0.05) is 10.5 Å². The van der Waals surface area contributed by atoms with Gasteiger partial charge in [0.15, 0.2) is 0 Å². The lowest BCUT2D eigenvalue weighted by Crippen LogP contribution is -2.51. The zero-order valence-corrected chi connectivity index (χ0v) is 15.6. The average Bonchev–Trinajstić information content (AvgIpc) is 2.88. The molecule has 3 N–H and O–H groups in total. The molecule has 8 nitrogen and oxygen atoms in total. The Kier molecular flexibility index (Phi) is 4.33. The number of fused-ring (bicyclic) bond motifs is 1. The first-order valence-electron chi connectivity index (χ1n) is 8.92. The molecule has 1 aromatic rings. The normalized spacial score (nSPS) is 27.2. The summed E-state index contributed by atoms with van der Waals surface area (Å²) >= 11 is 1.39. The summed E-state index contributed by atoms with van der Waals surface area (Å²) in [6.45, 7) is 2.13. The standard InChI is InChI=1S/C18H20N4O4S/c1-10-4-6-18(7-5-10)16(25)22(17(26)20-18)21-15(24)11-2-3-13-12(8-11)19-14(23)9-27-13/h2-3,8,10H,4-7,9H2,1H3,(H,19,23)(H,20,26)(H,21,24). The highest BCUT2D eigenvalue weighted by Gasteiger charge is 2.52. The van der Waals surface area contributed by atoms with Crippen LogP contribution in [0.2, 0.25) is 0 Å². The van der Waals surface area contributed by atoms with Crippen molar-refractivity contribution in [1.29, 1.82) is 0 Å². The molecule has 1 saturated heterocycles. The molecule has 9 heteroatoms. The van der Waals surface area contributed by atoms with Gasteiger partial charge < -0.3 is 10.6 Å². The van der Waals surface area contributed by atoms with E-state index in [1.54, 1.807) is 18.2 Å². The first kappa shape index (κ1) is 17.8. The zero-order chi connectivity index (χ0) is 19.2. The van der Waals surface area contributed by atoms with E-state index in [0.717, 1.165) is 22.7 Å². The summed E-state index contributed by atoms with van der Waals surface area (Å²) in [5.41, 5.74) is 2.32. The summed E-state index contributed by atoms with van der Waals surface area (Å²) in [5, 5.41) is 6.26. The van der Waals surface area contributed by atoms with Crippen LogP contribution in [0.3, 0.4) is 0 Å². The van der Waals surface area contributed by atoms with Crippen molar-refractivity contribution in [2.24, 2.45) is 5.92 Å². The van der Waals surface area contributed by atoms with Crippen molar-refractivity contribution in [1.82, 2.24) is 15.8 Å². The number of urea groups is 1. The van der Waals surface area contributed by atoms with Crippen molar-refractivity contribution in [3.63, 3.8) is 0 Å². The molecule has 1 aromatic carbocycles. The number of nitrogens with zero attached hydrogens (tertiary/aromatic N) is 1. The Labute approximate surface area is 160 Å². The molecule has 142 valence electrons. The fourth-order valence-electron chi connectivity index (χ4n) is 3.71. The largest absolute Gasteiger partial charge is 0.344 e. The minimum atomic E-state index is -0.905. The molecule has 2 fully saturated rings. The first-order valence-corrected chi connectivity index (χ1v) is 9.91. The molecule has 1 aliphatic carbocycles. The van der Waals surface area contributed by atoms with Crippen molar-refractivity contribution < 1.29 is 19.2 Å². The van der Waals surface area contributed by atoms with Gasteiger partial charge >= 0.3 is 6.03 Å². The van der Waals surface area contributed by atoms with Crippen molar-refractivity contribution in [2.45, 2.75) is 43.0 Å². The van der Waals surface area contributed by atoms with Gasteiger partial charge in [-0.2, -0.15) is 5.01 Å². The van der Waals surface area contributed by atoms with Crippen LogP contribution in [-0.4, -0.2) is 40.1 Å². The third-order valence-corrected chi connectivity index (χ3v) is 6.45. The smallest absolute Gasteiger partial charge is 0.324 e. The van der Waals surface area contributed by atoms with Crippen LogP contribution in [0.25, 0.3) is 0 Å². The number of carbonyl (C=O) groups is 4. The highest BCUT2D eigenvalue weighted by atomic mass is 32.2. The number of hydrazine groups is 1. The summed E-state index contributed by atoms with van der Waals surface area (Å²) in [7, 11) is 0. The number of carbonyl (C=O) groups excluding carboxylic acids is 4. The summed E-state index contributed by atoms with van der Waals surface area (Å²) in [4.78, 5) is 50.1. The Bertz CT molecular complexity index is 848. The minimum Gasteiger partial charge on any atom is -0.324 e. The zero-order valence-electron chi connectivity index (χ0n) is 14.8. The molecule has 0 bridgehead atoms. The molecule has 0 atom stereocenters. The van der Waals surface area contributed by atoms with E-state index in [1.165, 1.54) is 11.8 Å². The summed E-state index contributed by atoms with van der Waals surface area (Å²) in [5.74, 6) is -0.260. The Morgan fingerprint density at radius 1 is 1.26 bits per heavy atom. The van der Waals surface area contributed by atoms with Crippen molar-refractivity contribution >= 4 is 41.2 Å². The van der Waals surface area contributed by atoms with Gasteiger partial charge in [-0.05, 0) is 49.8 Å². The van der Waals surface area contributed by atoms with Crippen LogP contribution >= 0.6 is 11.8 Å². The SMILES string of the molecule is CC1CCC2(CC1)NC(=O)N(NC(=O)c1ccc3c(c1)NC(=O)CS3)C2=O. The molecular formula is C18H20N4O4S. The molecule has 4 rings (SSSR count). The Morgan fingerprint density at radius 2 is 2.00 bits per heavy atom. The van der Waals surface area contributed by atoms with E-state index in [1.807, 2.05) is 0 Å². The summed E-state index contributed by atoms with van der Waals surface area (Å²) in [6, 6.07) is 4.29. The van der Waals surface area contributed by atoms with Crippen LogP contribution in [0.1, 0.15) is 43.0 Å². The second-order valence-electron chi connectivity index (χ2n) is 7.32. The van der Waals surface area contributed by atoms with Crippen LogP contribution in [0.5, 0.6) is 0 Å². The minimum absolute atomic E-state index is 0.132. The summed E-state index contributed by atoms with van der Waals surface area (Å²) in [6.07, 6.45) is 2.87. The second-order valence-corrected chi connectivity index (χ2v) is 8.34. The molecule has 2 aliphatic heterocycles. The number of benzene rings is 1. The van der Waals surface area contributed by atoms with E-state index in [9.17, 15) is 19.2 Å². The number of imide groups is 1. The Hall–Kier alpha value is -2.55. The summed E-state index contributed by atoms with van der Waals surface area (Å²) < 4.78 is 0. The van der Waals surface area contributed by atoms with Gasteiger partial charge in [0.05, 0.1) is 11.4 Å². The maximum absolute atomic E-state index is 12.8. The highest BCUT2D eigenvalue weighted by Crippen LogP contribution is 2.36. The molecule has 3 aliphatic rings.